The molecule has 0 fully saturated rings. The highest BCUT2D eigenvalue weighted by molar-refractivity contribution is 14.1. The van der Waals surface area contributed by atoms with Gasteiger partial charge in [0.15, 0.2) is 11.5 Å². The van der Waals surface area contributed by atoms with Crippen LogP contribution >= 0.6 is 22.6 Å². The number of aromatic hydroxyl groups is 1. The molecule has 3 aromatic rings. The number of rotatable bonds is 4. The molecule has 7 heteroatoms. The van der Waals surface area contributed by atoms with Crippen molar-refractivity contribution in [3.8, 4) is 22.8 Å². The van der Waals surface area contributed by atoms with Crippen molar-refractivity contribution in [1.82, 2.24) is 0 Å². The molecule has 2 aromatic carbocycles. The number of allylic oxidation sites excluding steroid dienone is 1. The lowest BCUT2D eigenvalue weighted by Crippen LogP contribution is -2.28. The van der Waals surface area contributed by atoms with Gasteiger partial charge in [-0.2, -0.15) is 0 Å². The van der Waals surface area contributed by atoms with Gasteiger partial charge in [0.2, 0.25) is 0 Å². The monoisotopic (exact) mass is 530 g/mol. The Morgan fingerprint density at radius 2 is 1.90 bits per heavy atom. The molecule has 31 heavy (non-hydrogen) atoms. The number of benzene rings is 2. The van der Waals surface area contributed by atoms with Gasteiger partial charge in [-0.1, -0.05) is 42.5 Å². The summed E-state index contributed by atoms with van der Waals surface area (Å²) in [5.41, 5.74) is 1.08. The largest absolute Gasteiger partial charge is 0.508 e. The second-order valence-corrected chi connectivity index (χ2v) is 8.04. The third-order valence-corrected chi connectivity index (χ3v) is 5.98. The van der Waals surface area contributed by atoms with E-state index in [2.05, 4.69) is 22.6 Å². The Morgan fingerprint density at radius 3 is 2.58 bits per heavy atom. The first-order valence-electron chi connectivity index (χ1n) is 9.69. The van der Waals surface area contributed by atoms with Crippen LogP contribution in [-0.4, -0.2) is 17.7 Å². The van der Waals surface area contributed by atoms with Crippen LogP contribution in [0.2, 0.25) is 0 Å². The number of fused-ring (bicyclic) bond motifs is 1. The van der Waals surface area contributed by atoms with Crippen LogP contribution in [0.25, 0.3) is 11.3 Å². The first kappa shape index (κ1) is 21.2. The topological polar surface area (TPSA) is 86.0 Å². The van der Waals surface area contributed by atoms with Crippen LogP contribution in [0.4, 0.5) is 0 Å². The summed E-state index contributed by atoms with van der Waals surface area (Å²) < 4.78 is 17.6. The summed E-state index contributed by atoms with van der Waals surface area (Å²) in [5, 5.41) is 10.0. The highest BCUT2D eigenvalue weighted by Crippen LogP contribution is 2.46. The highest BCUT2D eigenvalue weighted by atomic mass is 127. The second-order valence-electron chi connectivity index (χ2n) is 6.96. The molecule has 1 N–H and O–H groups in total. The van der Waals surface area contributed by atoms with Crippen molar-refractivity contribution in [2.75, 3.05) is 6.61 Å². The molecule has 0 amide bonds. The maximum Gasteiger partial charge on any atom is 0.344 e. The number of phenols is 1. The van der Waals surface area contributed by atoms with E-state index < -0.39 is 17.5 Å². The van der Waals surface area contributed by atoms with Gasteiger partial charge < -0.3 is 19.0 Å². The molecule has 1 unspecified atom stereocenters. The summed E-state index contributed by atoms with van der Waals surface area (Å²) in [4.78, 5) is 26.0. The Bertz CT molecular complexity index is 1240. The van der Waals surface area contributed by atoms with Gasteiger partial charge in [-0.15, -0.1) is 0 Å². The van der Waals surface area contributed by atoms with Crippen molar-refractivity contribution < 1.29 is 23.8 Å². The van der Waals surface area contributed by atoms with E-state index in [-0.39, 0.29) is 23.5 Å². The van der Waals surface area contributed by atoms with Crippen molar-refractivity contribution in [2.24, 2.45) is 0 Å². The van der Waals surface area contributed by atoms with Crippen molar-refractivity contribution in [3.63, 3.8) is 0 Å². The molecule has 2 heterocycles. The van der Waals surface area contributed by atoms with E-state index in [9.17, 15) is 14.7 Å². The molecule has 0 saturated heterocycles. The predicted octanol–water partition coefficient (Wildman–Crippen LogP) is 4.98. The third-order valence-electron chi connectivity index (χ3n) is 5.00. The van der Waals surface area contributed by atoms with E-state index in [0.717, 1.165) is 5.56 Å². The van der Waals surface area contributed by atoms with E-state index in [1.807, 2.05) is 30.3 Å². The van der Waals surface area contributed by atoms with Gasteiger partial charge in [-0.05, 0) is 54.1 Å². The number of esters is 1. The van der Waals surface area contributed by atoms with Gasteiger partial charge in [0, 0.05) is 5.56 Å². The lowest BCUT2D eigenvalue weighted by molar-refractivity contribution is -0.139. The average molecular weight is 530 g/mol. The van der Waals surface area contributed by atoms with Crippen LogP contribution in [0.15, 0.2) is 75.1 Å². The van der Waals surface area contributed by atoms with Crippen molar-refractivity contribution >= 4 is 28.6 Å². The molecule has 6 nitrogen and oxygen atoms in total. The van der Waals surface area contributed by atoms with Crippen molar-refractivity contribution in [1.29, 1.82) is 0 Å². The van der Waals surface area contributed by atoms with Crippen molar-refractivity contribution in [3.05, 3.63) is 91.0 Å². The van der Waals surface area contributed by atoms with Gasteiger partial charge in [0.1, 0.15) is 11.5 Å². The van der Waals surface area contributed by atoms with Gasteiger partial charge in [-0.25, -0.2) is 9.59 Å². The van der Waals surface area contributed by atoms with E-state index in [1.54, 1.807) is 26.0 Å². The summed E-state index contributed by atoms with van der Waals surface area (Å²) >= 11 is 2.09. The quantitative estimate of drug-likeness (QED) is 0.379. The smallest absolute Gasteiger partial charge is 0.344 e. The molecule has 1 atom stereocenters. The molecule has 1 aliphatic heterocycles. The molecule has 0 radical (unpaired) electrons. The fourth-order valence-corrected chi connectivity index (χ4v) is 4.52. The van der Waals surface area contributed by atoms with Gasteiger partial charge in [0.05, 0.1) is 27.2 Å². The Hall–Kier alpha value is -3.07. The third kappa shape index (κ3) is 3.85. The second kappa shape index (κ2) is 8.58. The maximum atomic E-state index is 13.2. The minimum atomic E-state index is -0.801. The fourth-order valence-electron chi connectivity index (χ4n) is 3.69. The average Bonchev–Trinajstić information content (AvgIpc) is 2.76. The molecule has 1 aliphatic rings. The van der Waals surface area contributed by atoms with Crippen LogP contribution in [0, 0.1) is 3.57 Å². The zero-order valence-electron chi connectivity index (χ0n) is 16.8. The number of carbonyl (C=O) groups excluding carboxylic acids is 1. The zero-order valence-corrected chi connectivity index (χ0v) is 19.0. The molecule has 0 bridgehead atoms. The lowest BCUT2D eigenvalue weighted by atomic mass is 9.83. The first-order chi connectivity index (χ1) is 14.9. The maximum absolute atomic E-state index is 13.2. The molecule has 4 rings (SSSR count). The van der Waals surface area contributed by atoms with E-state index in [4.69, 9.17) is 13.9 Å². The summed E-state index contributed by atoms with van der Waals surface area (Å²) in [6, 6.07) is 15.7. The normalized spacial score (nSPS) is 15.3. The van der Waals surface area contributed by atoms with Crippen molar-refractivity contribution in [2.45, 2.75) is 19.8 Å². The SMILES string of the molecule is CCOC(=O)C1=C(C)Oc2c(I)c(-c3ccccc3)oc(=O)c2C1c1cccc(O)c1. The van der Waals surface area contributed by atoms with Crippen LogP contribution < -0.4 is 10.4 Å². The predicted molar refractivity (Wildman–Crippen MR) is 123 cm³/mol. The summed E-state index contributed by atoms with van der Waals surface area (Å²) in [6.45, 7) is 3.55. The Labute approximate surface area is 192 Å². The van der Waals surface area contributed by atoms with Gasteiger partial charge in [-0.3, -0.25) is 0 Å². The zero-order chi connectivity index (χ0) is 22.1. The summed E-state index contributed by atoms with van der Waals surface area (Å²) in [7, 11) is 0. The van der Waals surface area contributed by atoms with E-state index in [1.165, 1.54) is 12.1 Å². The lowest BCUT2D eigenvalue weighted by Gasteiger charge is -2.29. The number of carbonyl (C=O) groups is 1. The Balaban J connectivity index is 1.99. The molecule has 0 aliphatic carbocycles. The summed E-state index contributed by atoms with van der Waals surface area (Å²) in [5.74, 6) is -0.292. The Kier molecular flexibility index (Phi) is 5.86. The molecule has 1 aromatic heterocycles. The standard InChI is InChI=1S/C24H19IO6/c1-3-29-23(27)17-13(2)30-22-19(18(17)15-10-7-11-16(26)12-15)24(28)31-21(20(22)25)14-8-5-4-6-9-14/h4-12,18,26H,3H2,1-2H3. The number of halogens is 1. The Morgan fingerprint density at radius 1 is 1.16 bits per heavy atom. The summed E-state index contributed by atoms with van der Waals surface area (Å²) in [6.07, 6.45) is 0. The van der Waals surface area contributed by atoms with Gasteiger partial charge >= 0.3 is 11.6 Å². The van der Waals surface area contributed by atoms with Crippen LogP contribution in [0.1, 0.15) is 30.9 Å². The van der Waals surface area contributed by atoms with E-state index >= 15 is 0 Å². The number of hydrogen-bond acceptors (Lipinski definition) is 6. The minimum absolute atomic E-state index is 0.0198. The van der Waals surface area contributed by atoms with E-state index in [0.29, 0.717) is 26.4 Å². The van der Waals surface area contributed by atoms with Gasteiger partial charge in [0.25, 0.3) is 0 Å². The molecule has 0 spiro atoms. The number of ether oxygens (including phenoxy) is 2. The first-order valence-corrected chi connectivity index (χ1v) is 10.8. The molecule has 158 valence electrons. The molecule has 0 saturated carbocycles. The van der Waals surface area contributed by atoms with Crippen LogP contribution in [0.5, 0.6) is 11.5 Å². The fraction of sp³-hybridized carbons (Fsp3) is 0.167. The number of phenolic OH excluding ortho intramolecular Hbond substituents is 1. The highest BCUT2D eigenvalue weighted by Gasteiger charge is 2.39. The van der Waals surface area contributed by atoms with Crippen LogP contribution in [-0.2, 0) is 9.53 Å². The molecular formula is C24H19IO6. The van der Waals surface area contributed by atoms with Crippen LogP contribution in [0.3, 0.4) is 0 Å². The minimum Gasteiger partial charge on any atom is -0.508 e. The molecular weight excluding hydrogens is 511 g/mol. The number of hydrogen-bond donors (Lipinski definition) is 1.